The Morgan fingerprint density at radius 2 is 0.931 bits per heavy atom. The Labute approximate surface area is 350 Å². The molecule has 10 aromatic rings. The van der Waals surface area contributed by atoms with E-state index in [0.29, 0.717) is 26.6 Å². The maximum atomic E-state index is 9.74. The number of benzene rings is 8. The van der Waals surface area contributed by atoms with Gasteiger partial charge in [-0.2, -0.15) is 0 Å². The highest BCUT2D eigenvalue weighted by Crippen LogP contribution is 2.49. The van der Waals surface area contributed by atoms with Crippen LogP contribution < -0.4 is 0 Å². The summed E-state index contributed by atoms with van der Waals surface area (Å²) in [4.78, 5) is 15.0. The molecular formula is C54H37N3S. The van der Waals surface area contributed by atoms with Crippen LogP contribution in [0.2, 0.25) is 0 Å². The van der Waals surface area contributed by atoms with Crippen LogP contribution >= 0.6 is 11.3 Å². The molecule has 0 bridgehead atoms. The lowest BCUT2D eigenvalue weighted by Crippen LogP contribution is -2.15. The molecule has 11 rings (SSSR count). The highest BCUT2D eigenvalue weighted by atomic mass is 32.1. The van der Waals surface area contributed by atoms with Crippen molar-refractivity contribution in [1.29, 1.82) is 0 Å². The Morgan fingerprint density at radius 3 is 1.67 bits per heavy atom. The summed E-state index contributed by atoms with van der Waals surface area (Å²) in [6.45, 7) is 4.43. The average Bonchev–Trinajstić information content (AvgIpc) is 3.85. The maximum Gasteiger partial charge on any atom is 0.164 e. The summed E-state index contributed by atoms with van der Waals surface area (Å²) in [5.41, 5.74) is 10.7. The van der Waals surface area contributed by atoms with Crippen molar-refractivity contribution in [3.8, 4) is 78.7 Å². The second-order valence-electron chi connectivity index (χ2n) is 15.1. The van der Waals surface area contributed by atoms with Crippen LogP contribution in [-0.2, 0) is 5.41 Å². The topological polar surface area (TPSA) is 38.7 Å². The molecule has 0 radical (unpaired) electrons. The van der Waals surface area contributed by atoms with E-state index in [-0.39, 0.29) is 69.4 Å². The first-order valence-electron chi connectivity index (χ1n) is 22.3. The van der Waals surface area contributed by atoms with E-state index in [2.05, 4.69) is 62.4 Å². The summed E-state index contributed by atoms with van der Waals surface area (Å²) in [7, 11) is 0. The fourth-order valence-corrected chi connectivity index (χ4v) is 9.21. The van der Waals surface area contributed by atoms with Gasteiger partial charge in [0.25, 0.3) is 0 Å². The van der Waals surface area contributed by atoms with Gasteiger partial charge in [-0.3, -0.25) is 0 Å². The summed E-state index contributed by atoms with van der Waals surface area (Å²) in [6, 6.07) is 49.2. The molecule has 2 heterocycles. The Morgan fingerprint density at radius 1 is 0.397 bits per heavy atom. The van der Waals surface area contributed by atoms with Gasteiger partial charge >= 0.3 is 0 Å². The molecule has 0 fully saturated rings. The molecule has 2 aromatic heterocycles. The van der Waals surface area contributed by atoms with Gasteiger partial charge in [0.2, 0.25) is 0 Å². The van der Waals surface area contributed by atoms with Gasteiger partial charge in [-0.25, -0.2) is 15.0 Å². The van der Waals surface area contributed by atoms with Crippen LogP contribution in [0.25, 0.3) is 98.8 Å². The molecule has 0 saturated carbocycles. The predicted octanol–water partition coefficient (Wildman–Crippen LogP) is 14.5. The molecule has 0 spiro atoms. The second kappa shape index (κ2) is 13.6. The van der Waals surface area contributed by atoms with E-state index >= 15 is 0 Å². The van der Waals surface area contributed by atoms with E-state index in [1.807, 2.05) is 103 Å². The number of thiophene rings is 1. The van der Waals surface area contributed by atoms with Crippen LogP contribution in [0.5, 0.6) is 0 Å². The fraction of sp³-hybridized carbons (Fsp3) is 0.0556. The third-order valence-electron chi connectivity index (χ3n) is 11.2. The highest BCUT2D eigenvalue weighted by molar-refractivity contribution is 7.25. The van der Waals surface area contributed by atoms with Crippen LogP contribution in [0.15, 0.2) is 188 Å². The van der Waals surface area contributed by atoms with Crippen molar-refractivity contribution in [2.75, 3.05) is 0 Å². The van der Waals surface area contributed by atoms with Gasteiger partial charge in [0, 0.05) is 42.3 Å². The first kappa shape index (κ1) is 28.4. The maximum absolute atomic E-state index is 9.74. The zero-order valence-electron chi connectivity index (χ0n) is 37.7. The van der Waals surface area contributed by atoms with Crippen molar-refractivity contribution in [1.82, 2.24) is 15.0 Å². The molecule has 3 nitrogen and oxygen atoms in total. The van der Waals surface area contributed by atoms with E-state index in [1.54, 1.807) is 0 Å². The number of aromatic nitrogens is 3. The van der Waals surface area contributed by atoms with Crippen molar-refractivity contribution in [3.63, 3.8) is 0 Å². The second-order valence-corrected chi connectivity index (χ2v) is 16.1. The molecule has 274 valence electrons. The van der Waals surface area contributed by atoms with Crippen LogP contribution in [0, 0.1) is 0 Å². The fourth-order valence-electron chi connectivity index (χ4n) is 8.24. The van der Waals surface area contributed by atoms with E-state index < -0.39 is 0 Å². The van der Waals surface area contributed by atoms with Crippen LogP contribution in [0.1, 0.15) is 33.2 Å². The first-order chi connectivity index (χ1) is 31.0. The van der Waals surface area contributed by atoms with Gasteiger partial charge in [0.05, 0.1) is 8.22 Å². The third kappa shape index (κ3) is 5.76. The lowest BCUT2D eigenvalue weighted by molar-refractivity contribution is 0.660. The standard InChI is InChI=1S/C54H37N3S/c1-54(2)47-20-12-11-19-43(47)44-28-25-39(32-48(44)54)52-55-51(37-23-21-35(22-24-37)34-13-5-3-6-14-34)56-53(57-52)40-26-29-45-46-31-38(27-30-49(46)58-50(45)33-40)42-18-10-9-17-41(42)36-15-7-4-8-16-36/h3-33H,1-2H3/i26D,27D,29D,30D,31D,33D. The molecule has 0 aliphatic heterocycles. The minimum Gasteiger partial charge on any atom is -0.208 e. The zero-order valence-corrected chi connectivity index (χ0v) is 32.5. The monoisotopic (exact) mass is 765 g/mol. The van der Waals surface area contributed by atoms with Crippen molar-refractivity contribution in [2.24, 2.45) is 0 Å². The Kier molecular flexibility index (Phi) is 6.65. The molecule has 0 amide bonds. The number of fused-ring (bicyclic) bond motifs is 6. The number of nitrogens with zero attached hydrogens (tertiary/aromatic N) is 3. The molecule has 0 saturated heterocycles. The molecular weight excluding hydrogens is 723 g/mol. The van der Waals surface area contributed by atoms with E-state index in [4.69, 9.17) is 15.0 Å². The normalized spacial score (nSPS) is 14.2. The minimum atomic E-state index is -0.279. The van der Waals surface area contributed by atoms with Gasteiger partial charge in [-0.05, 0) is 79.8 Å². The van der Waals surface area contributed by atoms with Gasteiger partial charge < -0.3 is 0 Å². The molecule has 1 aliphatic carbocycles. The number of hydrogen-bond acceptors (Lipinski definition) is 4. The lowest BCUT2D eigenvalue weighted by Gasteiger charge is -2.21. The molecule has 8 aromatic carbocycles. The molecule has 58 heavy (non-hydrogen) atoms. The predicted molar refractivity (Wildman–Crippen MR) is 243 cm³/mol. The van der Waals surface area contributed by atoms with E-state index in [1.165, 1.54) is 11.1 Å². The quantitative estimate of drug-likeness (QED) is 0.169. The van der Waals surface area contributed by atoms with Gasteiger partial charge in [0.15, 0.2) is 17.5 Å². The summed E-state index contributed by atoms with van der Waals surface area (Å²) in [5.74, 6) is 0.798. The van der Waals surface area contributed by atoms with E-state index in [0.717, 1.165) is 55.8 Å². The van der Waals surface area contributed by atoms with Crippen molar-refractivity contribution in [3.05, 3.63) is 199 Å². The minimum absolute atomic E-state index is 0.0175. The van der Waals surface area contributed by atoms with Gasteiger partial charge in [-0.1, -0.05) is 178 Å². The van der Waals surface area contributed by atoms with Crippen molar-refractivity contribution < 1.29 is 8.22 Å². The highest BCUT2D eigenvalue weighted by Gasteiger charge is 2.35. The van der Waals surface area contributed by atoms with Crippen LogP contribution in [0.3, 0.4) is 0 Å². The molecule has 0 N–H and O–H groups in total. The largest absolute Gasteiger partial charge is 0.208 e. The smallest absolute Gasteiger partial charge is 0.164 e. The van der Waals surface area contributed by atoms with Crippen molar-refractivity contribution >= 4 is 31.5 Å². The summed E-state index contributed by atoms with van der Waals surface area (Å²) in [6.07, 6.45) is 0. The van der Waals surface area contributed by atoms with Crippen LogP contribution in [-0.4, -0.2) is 15.0 Å². The lowest BCUT2D eigenvalue weighted by atomic mass is 9.82. The summed E-state index contributed by atoms with van der Waals surface area (Å²) < 4.78 is 57.6. The number of rotatable bonds is 6. The summed E-state index contributed by atoms with van der Waals surface area (Å²) >= 11 is 1.10. The zero-order chi connectivity index (χ0) is 44.0. The molecule has 0 unspecified atom stereocenters. The van der Waals surface area contributed by atoms with Gasteiger partial charge in [0.1, 0.15) is 0 Å². The van der Waals surface area contributed by atoms with Crippen molar-refractivity contribution in [2.45, 2.75) is 19.3 Å². The SMILES string of the molecule is [2H]c1c(-c2ccccc2-c2ccccc2)c([2H])c2c(sc3c([2H])c(-c4nc(-c5ccc(-c6ccccc6)cc5)nc(-c5ccc6c(c5)C(C)(C)c5ccccc5-6)n4)c([2H])c([2H])c32)c1[2H]. The average molecular weight is 766 g/mol. The Hall–Kier alpha value is -7.01. The first-order valence-corrected chi connectivity index (χ1v) is 20.1. The molecule has 0 atom stereocenters. The van der Waals surface area contributed by atoms with E-state index in [9.17, 15) is 8.22 Å². The van der Waals surface area contributed by atoms with Crippen LogP contribution in [0.4, 0.5) is 0 Å². The summed E-state index contributed by atoms with van der Waals surface area (Å²) in [5, 5.41) is 0.525. The third-order valence-corrected chi connectivity index (χ3v) is 12.3. The molecule has 1 aliphatic rings. The Bertz CT molecular complexity index is 3530. The molecule has 4 heteroatoms. The Balaban J connectivity index is 1.12. The van der Waals surface area contributed by atoms with Gasteiger partial charge in [-0.15, -0.1) is 11.3 Å². The number of hydrogen-bond donors (Lipinski definition) is 0.